The smallest absolute Gasteiger partial charge is 0.355 e. The van der Waals surface area contributed by atoms with Crippen molar-refractivity contribution in [2.75, 3.05) is 18.0 Å². The van der Waals surface area contributed by atoms with Gasteiger partial charge in [0.05, 0.1) is 6.20 Å². The van der Waals surface area contributed by atoms with E-state index in [2.05, 4.69) is 44.1 Å². The van der Waals surface area contributed by atoms with Crippen LogP contribution in [0, 0.1) is 5.41 Å². The fraction of sp³-hybridized carbons (Fsp3) is 0.308. The summed E-state index contributed by atoms with van der Waals surface area (Å²) in [7, 11) is 0. The summed E-state index contributed by atoms with van der Waals surface area (Å²) in [6.45, 7) is 1.68. The fourth-order valence-corrected chi connectivity index (χ4v) is 6.28. The van der Waals surface area contributed by atoms with E-state index in [9.17, 15) is 13.2 Å². The number of benzene rings is 1. The molecule has 0 radical (unpaired) electrons. The van der Waals surface area contributed by atoms with Crippen LogP contribution in [-0.2, 0) is 12.6 Å². The molecule has 2 aliphatic rings. The van der Waals surface area contributed by atoms with Gasteiger partial charge in [0.25, 0.3) is 0 Å². The lowest BCUT2D eigenvalue weighted by Crippen LogP contribution is -2.44. The first-order chi connectivity index (χ1) is 17.3. The van der Waals surface area contributed by atoms with E-state index in [1.54, 1.807) is 18.3 Å². The number of hydrogen-bond acceptors (Lipinski definition) is 7. The predicted molar refractivity (Wildman–Crippen MR) is 132 cm³/mol. The van der Waals surface area contributed by atoms with Gasteiger partial charge in [0.15, 0.2) is 11.3 Å². The molecule has 0 saturated carbocycles. The first kappa shape index (κ1) is 23.2. The van der Waals surface area contributed by atoms with E-state index in [1.807, 2.05) is 0 Å². The zero-order chi connectivity index (χ0) is 24.9. The number of nitrogens with two attached hydrogens (primary N) is 1. The number of rotatable bonds is 3. The summed E-state index contributed by atoms with van der Waals surface area (Å²) >= 11 is 0.910. The summed E-state index contributed by atoms with van der Waals surface area (Å²) in [6.07, 6.45) is 1.25. The average Bonchev–Trinajstić information content (AvgIpc) is 3.15. The fourth-order valence-electron chi connectivity index (χ4n) is 5.37. The van der Waals surface area contributed by atoms with Crippen molar-refractivity contribution < 1.29 is 13.2 Å². The van der Waals surface area contributed by atoms with Crippen LogP contribution in [0.4, 0.5) is 19.0 Å². The van der Waals surface area contributed by atoms with E-state index in [-0.39, 0.29) is 16.4 Å². The largest absolute Gasteiger partial charge is 0.434 e. The van der Waals surface area contributed by atoms with Crippen molar-refractivity contribution in [3.05, 3.63) is 77.7 Å². The van der Waals surface area contributed by atoms with Gasteiger partial charge in [-0.25, -0.2) is 15.0 Å². The van der Waals surface area contributed by atoms with Gasteiger partial charge >= 0.3 is 6.18 Å². The Morgan fingerprint density at radius 2 is 1.78 bits per heavy atom. The summed E-state index contributed by atoms with van der Waals surface area (Å²) in [5.74, 6) is 0.773. The van der Waals surface area contributed by atoms with Gasteiger partial charge in [0.2, 0.25) is 0 Å². The topological polar surface area (TPSA) is 80.8 Å². The Kier molecular flexibility index (Phi) is 5.60. The molecule has 0 bridgehead atoms. The monoisotopic (exact) mass is 508 g/mol. The molecule has 1 aromatic carbocycles. The minimum absolute atomic E-state index is 0.00375. The van der Waals surface area contributed by atoms with Crippen molar-refractivity contribution in [3.63, 3.8) is 0 Å². The standard InChI is InChI=1S/C26H23F3N6S/c27-26(28,29)23-19(6-3-11-31-23)36-21-8-7-18-24(34-21)32-15-20(33-18)35-12-9-25(10-13-35)14-16-4-1-2-5-17(16)22(25)30/h1-8,11,15,22H,9-10,12-14,30H2/t22-/m1/s1. The minimum Gasteiger partial charge on any atom is -0.355 e. The second-order valence-corrected chi connectivity index (χ2v) is 10.4. The van der Waals surface area contributed by atoms with Crippen LogP contribution in [0.2, 0.25) is 0 Å². The molecule has 1 aliphatic carbocycles. The Hall–Kier alpha value is -3.24. The minimum atomic E-state index is -4.53. The highest BCUT2D eigenvalue weighted by Crippen LogP contribution is 2.51. The quantitative estimate of drug-likeness (QED) is 0.395. The summed E-state index contributed by atoms with van der Waals surface area (Å²) in [6, 6.07) is 14.8. The Bertz CT molecular complexity index is 1430. The molecule has 1 fully saturated rings. The highest BCUT2D eigenvalue weighted by atomic mass is 32.2. The van der Waals surface area contributed by atoms with Gasteiger partial charge in [-0.05, 0) is 60.1 Å². The lowest BCUT2D eigenvalue weighted by molar-refractivity contribution is -0.143. The molecule has 4 aromatic rings. The van der Waals surface area contributed by atoms with E-state index in [1.165, 1.54) is 23.3 Å². The van der Waals surface area contributed by atoms with Crippen LogP contribution in [-0.4, -0.2) is 33.0 Å². The molecule has 0 amide bonds. The third kappa shape index (κ3) is 4.08. The van der Waals surface area contributed by atoms with Crippen LogP contribution in [0.15, 0.2) is 70.8 Å². The Morgan fingerprint density at radius 3 is 2.56 bits per heavy atom. The van der Waals surface area contributed by atoms with Crippen molar-refractivity contribution >= 4 is 28.7 Å². The van der Waals surface area contributed by atoms with Gasteiger partial charge in [-0.1, -0.05) is 36.0 Å². The zero-order valence-corrected chi connectivity index (χ0v) is 20.1. The van der Waals surface area contributed by atoms with E-state index in [0.29, 0.717) is 16.2 Å². The molecule has 36 heavy (non-hydrogen) atoms. The molecule has 184 valence electrons. The third-order valence-corrected chi connectivity index (χ3v) is 8.28. The van der Waals surface area contributed by atoms with Crippen molar-refractivity contribution in [1.82, 2.24) is 19.9 Å². The van der Waals surface area contributed by atoms with Crippen LogP contribution in [0.3, 0.4) is 0 Å². The molecular formula is C26H23F3N6S. The number of hydrogen-bond donors (Lipinski definition) is 1. The molecule has 4 heterocycles. The average molecular weight is 509 g/mol. The Balaban J connectivity index is 1.18. The van der Waals surface area contributed by atoms with Crippen molar-refractivity contribution in [1.29, 1.82) is 0 Å². The van der Waals surface area contributed by atoms with E-state index in [4.69, 9.17) is 10.7 Å². The van der Waals surface area contributed by atoms with Gasteiger partial charge in [-0.2, -0.15) is 13.2 Å². The van der Waals surface area contributed by atoms with Crippen molar-refractivity contribution in [3.8, 4) is 0 Å². The second kappa shape index (κ2) is 8.70. The molecule has 1 aliphatic heterocycles. The number of anilines is 1. The number of pyridine rings is 2. The SMILES string of the molecule is N[C@@H]1c2ccccc2CC12CCN(c1cnc3nc(Sc4cccnc4C(F)(F)F)ccc3n1)CC2. The third-order valence-electron chi connectivity index (χ3n) is 7.30. The number of alkyl halides is 3. The zero-order valence-electron chi connectivity index (χ0n) is 19.2. The van der Waals surface area contributed by atoms with Gasteiger partial charge in [0, 0.05) is 30.2 Å². The van der Waals surface area contributed by atoms with E-state index < -0.39 is 11.9 Å². The van der Waals surface area contributed by atoms with Crippen LogP contribution < -0.4 is 10.6 Å². The molecular weight excluding hydrogens is 485 g/mol. The highest BCUT2D eigenvalue weighted by molar-refractivity contribution is 7.99. The first-order valence-electron chi connectivity index (χ1n) is 11.7. The van der Waals surface area contributed by atoms with Crippen LogP contribution >= 0.6 is 11.8 Å². The summed E-state index contributed by atoms with van der Waals surface area (Å²) < 4.78 is 39.8. The maximum absolute atomic E-state index is 13.3. The maximum atomic E-state index is 13.3. The maximum Gasteiger partial charge on any atom is 0.434 e. The molecule has 6 rings (SSSR count). The summed E-state index contributed by atoms with van der Waals surface area (Å²) in [5, 5.41) is 0.401. The molecule has 10 heteroatoms. The van der Waals surface area contributed by atoms with E-state index in [0.717, 1.165) is 56.1 Å². The highest BCUT2D eigenvalue weighted by Gasteiger charge is 2.46. The Morgan fingerprint density at radius 1 is 0.972 bits per heavy atom. The second-order valence-electron chi connectivity index (χ2n) is 9.37. The van der Waals surface area contributed by atoms with Gasteiger partial charge < -0.3 is 10.6 Å². The molecule has 3 aromatic heterocycles. The molecule has 1 saturated heterocycles. The normalized spacial score (nSPS) is 19.1. The molecule has 1 spiro atoms. The molecule has 0 unspecified atom stereocenters. The molecule has 1 atom stereocenters. The number of aromatic nitrogens is 4. The molecule has 2 N–H and O–H groups in total. The van der Waals surface area contributed by atoms with Crippen molar-refractivity contribution in [2.45, 2.75) is 41.4 Å². The number of nitrogens with zero attached hydrogens (tertiary/aromatic N) is 5. The van der Waals surface area contributed by atoms with Crippen LogP contribution in [0.25, 0.3) is 11.2 Å². The van der Waals surface area contributed by atoms with Gasteiger partial charge in [0.1, 0.15) is 16.4 Å². The van der Waals surface area contributed by atoms with E-state index >= 15 is 0 Å². The van der Waals surface area contributed by atoms with Crippen molar-refractivity contribution in [2.24, 2.45) is 11.1 Å². The summed E-state index contributed by atoms with van der Waals surface area (Å²) in [5.41, 5.74) is 9.47. The lowest BCUT2D eigenvalue weighted by Gasteiger charge is -2.42. The predicted octanol–water partition coefficient (Wildman–Crippen LogP) is 5.43. The summed E-state index contributed by atoms with van der Waals surface area (Å²) in [4.78, 5) is 19.4. The molecule has 6 nitrogen and oxygen atoms in total. The van der Waals surface area contributed by atoms with Crippen LogP contribution in [0.1, 0.15) is 35.7 Å². The van der Waals surface area contributed by atoms with Crippen LogP contribution in [0.5, 0.6) is 0 Å². The number of piperidine rings is 1. The first-order valence-corrected chi connectivity index (χ1v) is 12.6. The number of halogens is 3. The Labute approximate surface area is 210 Å². The lowest BCUT2D eigenvalue weighted by atomic mass is 9.73. The number of fused-ring (bicyclic) bond motifs is 2. The van der Waals surface area contributed by atoms with Gasteiger partial charge in [-0.3, -0.25) is 4.98 Å². The van der Waals surface area contributed by atoms with Gasteiger partial charge in [-0.15, -0.1) is 0 Å².